The number of hydrogen-bond donors (Lipinski definition) is 2. The van der Waals surface area contributed by atoms with Gasteiger partial charge in [-0.25, -0.2) is 4.98 Å². The minimum atomic E-state index is 0.00832. The summed E-state index contributed by atoms with van der Waals surface area (Å²) in [5, 5.41) is 1.18. The summed E-state index contributed by atoms with van der Waals surface area (Å²) in [6, 6.07) is 6.05. The summed E-state index contributed by atoms with van der Waals surface area (Å²) in [7, 11) is 1.68. The molecular formula is C18H20N4O2. The molecule has 6 heteroatoms. The first-order chi connectivity index (χ1) is 11.6. The van der Waals surface area contributed by atoms with Crippen LogP contribution >= 0.6 is 0 Å². The van der Waals surface area contributed by atoms with Crippen molar-refractivity contribution in [3.8, 4) is 5.75 Å². The molecule has 0 saturated carbocycles. The molecular weight excluding hydrogens is 304 g/mol. The summed E-state index contributed by atoms with van der Waals surface area (Å²) >= 11 is 0. The van der Waals surface area contributed by atoms with Crippen molar-refractivity contribution in [2.75, 3.05) is 13.7 Å². The number of H-pyrrole nitrogens is 2. The third-order valence-electron chi connectivity index (χ3n) is 4.64. The fourth-order valence-electron chi connectivity index (χ4n) is 3.41. The molecule has 2 N–H and O–H groups in total. The maximum atomic E-state index is 12.0. The van der Waals surface area contributed by atoms with Crippen molar-refractivity contribution in [2.24, 2.45) is 0 Å². The second-order valence-electron chi connectivity index (χ2n) is 6.26. The molecule has 6 nitrogen and oxygen atoms in total. The molecule has 3 aromatic rings. The van der Waals surface area contributed by atoms with E-state index in [1.165, 1.54) is 10.9 Å². The maximum absolute atomic E-state index is 12.0. The van der Waals surface area contributed by atoms with Crippen LogP contribution in [0.2, 0.25) is 0 Å². The van der Waals surface area contributed by atoms with Gasteiger partial charge in [-0.05, 0) is 37.1 Å². The lowest BCUT2D eigenvalue weighted by Gasteiger charge is -2.27. The predicted molar refractivity (Wildman–Crippen MR) is 92.3 cm³/mol. The van der Waals surface area contributed by atoms with E-state index in [0.717, 1.165) is 42.0 Å². The second-order valence-corrected chi connectivity index (χ2v) is 6.26. The molecule has 0 saturated heterocycles. The monoisotopic (exact) mass is 324 g/mol. The molecule has 3 heterocycles. The molecule has 1 aromatic carbocycles. The molecule has 0 bridgehead atoms. The number of aromatic nitrogens is 3. The predicted octanol–water partition coefficient (Wildman–Crippen LogP) is 2.13. The summed E-state index contributed by atoms with van der Waals surface area (Å²) in [5.41, 5.74) is 4.08. The molecule has 0 spiro atoms. The van der Waals surface area contributed by atoms with Gasteiger partial charge in [0.15, 0.2) is 0 Å². The highest BCUT2D eigenvalue weighted by atomic mass is 16.5. The summed E-state index contributed by atoms with van der Waals surface area (Å²) in [4.78, 5) is 25.0. The van der Waals surface area contributed by atoms with Gasteiger partial charge in [-0.1, -0.05) is 0 Å². The van der Waals surface area contributed by atoms with Crippen molar-refractivity contribution in [1.82, 2.24) is 19.9 Å². The zero-order valence-corrected chi connectivity index (χ0v) is 13.8. The lowest BCUT2D eigenvalue weighted by atomic mass is 10.1. The molecule has 124 valence electrons. The minimum Gasteiger partial charge on any atom is -0.497 e. The highest BCUT2D eigenvalue weighted by Gasteiger charge is 2.21. The van der Waals surface area contributed by atoms with Crippen LogP contribution in [-0.2, 0) is 19.5 Å². The van der Waals surface area contributed by atoms with Gasteiger partial charge in [0.25, 0.3) is 5.56 Å². The number of nitrogens with zero attached hydrogens (tertiary/aromatic N) is 2. The van der Waals surface area contributed by atoms with Crippen molar-refractivity contribution in [3.63, 3.8) is 0 Å². The van der Waals surface area contributed by atoms with Gasteiger partial charge in [-0.2, -0.15) is 0 Å². The van der Waals surface area contributed by atoms with Gasteiger partial charge >= 0.3 is 0 Å². The largest absolute Gasteiger partial charge is 0.497 e. The summed E-state index contributed by atoms with van der Waals surface area (Å²) in [6.07, 6.45) is 2.79. The molecule has 1 aliphatic rings. The quantitative estimate of drug-likeness (QED) is 0.774. The maximum Gasteiger partial charge on any atom is 0.254 e. The van der Waals surface area contributed by atoms with E-state index in [1.54, 1.807) is 7.11 Å². The van der Waals surface area contributed by atoms with Crippen LogP contribution in [0.3, 0.4) is 0 Å². The lowest BCUT2D eigenvalue weighted by molar-refractivity contribution is 0.241. The van der Waals surface area contributed by atoms with E-state index in [4.69, 9.17) is 4.74 Å². The van der Waals surface area contributed by atoms with Crippen molar-refractivity contribution in [2.45, 2.75) is 26.4 Å². The van der Waals surface area contributed by atoms with Crippen molar-refractivity contribution < 1.29 is 4.74 Å². The fraction of sp³-hybridized carbons (Fsp3) is 0.333. The van der Waals surface area contributed by atoms with Crippen molar-refractivity contribution in [1.29, 1.82) is 0 Å². The average Bonchev–Trinajstić information content (AvgIpc) is 2.96. The van der Waals surface area contributed by atoms with E-state index in [-0.39, 0.29) is 5.56 Å². The van der Waals surface area contributed by atoms with E-state index in [9.17, 15) is 4.79 Å². The van der Waals surface area contributed by atoms with E-state index in [2.05, 4.69) is 32.1 Å². The zero-order chi connectivity index (χ0) is 16.7. The number of nitrogens with one attached hydrogen (secondary N) is 2. The van der Waals surface area contributed by atoms with Gasteiger partial charge in [0.2, 0.25) is 0 Å². The smallest absolute Gasteiger partial charge is 0.254 e. The van der Waals surface area contributed by atoms with Crippen molar-refractivity contribution in [3.05, 3.63) is 57.4 Å². The Labute approximate surface area is 139 Å². The van der Waals surface area contributed by atoms with Crippen LogP contribution in [-0.4, -0.2) is 33.5 Å². The molecule has 0 radical (unpaired) electrons. The first-order valence-corrected chi connectivity index (χ1v) is 8.09. The van der Waals surface area contributed by atoms with E-state index in [0.29, 0.717) is 12.4 Å². The Morgan fingerprint density at radius 3 is 3.08 bits per heavy atom. The van der Waals surface area contributed by atoms with Crippen LogP contribution in [0.15, 0.2) is 29.2 Å². The van der Waals surface area contributed by atoms with Gasteiger partial charge in [-0.3, -0.25) is 9.69 Å². The van der Waals surface area contributed by atoms with E-state index >= 15 is 0 Å². The number of methoxy groups -OCH3 is 1. The Hall–Kier alpha value is -2.60. The third kappa shape index (κ3) is 2.59. The Balaban J connectivity index is 1.61. The summed E-state index contributed by atoms with van der Waals surface area (Å²) in [5.74, 6) is 1.54. The number of aromatic amines is 2. The Morgan fingerprint density at radius 1 is 1.38 bits per heavy atom. The Bertz CT molecular complexity index is 957. The third-order valence-corrected chi connectivity index (χ3v) is 4.64. The standard InChI is InChI=1S/C18H20N4O2/c1-11-20-17-10-22(6-5-14(17)18(23)21-11)9-12-8-19-16-4-3-13(24-2)7-15(12)16/h3-4,7-8,19H,5-6,9-10H2,1-2H3,(H,20,21,23). The van der Waals surface area contributed by atoms with Crippen LogP contribution in [0.1, 0.15) is 22.6 Å². The van der Waals surface area contributed by atoms with Crippen LogP contribution in [0, 0.1) is 6.92 Å². The SMILES string of the molecule is COc1ccc2[nH]cc(CN3CCc4c(nc(C)[nH]c4=O)C3)c2c1. The van der Waals surface area contributed by atoms with Crippen LogP contribution in [0.4, 0.5) is 0 Å². The topological polar surface area (TPSA) is 74.0 Å². The molecule has 0 amide bonds. The normalized spacial score (nSPS) is 14.8. The molecule has 0 aliphatic carbocycles. The van der Waals surface area contributed by atoms with Gasteiger partial charge in [0.1, 0.15) is 11.6 Å². The zero-order valence-electron chi connectivity index (χ0n) is 13.8. The molecule has 0 fully saturated rings. The van der Waals surface area contributed by atoms with Gasteiger partial charge in [0.05, 0.1) is 12.8 Å². The number of rotatable bonds is 3. The number of fused-ring (bicyclic) bond motifs is 2. The summed E-state index contributed by atoms with van der Waals surface area (Å²) in [6.45, 7) is 4.21. The number of hydrogen-bond acceptors (Lipinski definition) is 4. The first kappa shape index (κ1) is 15.0. The van der Waals surface area contributed by atoms with Crippen molar-refractivity contribution >= 4 is 10.9 Å². The molecule has 2 aromatic heterocycles. The van der Waals surface area contributed by atoms with Crippen LogP contribution < -0.4 is 10.3 Å². The van der Waals surface area contributed by atoms with E-state index in [1.807, 2.05) is 19.1 Å². The number of ether oxygens (including phenoxy) is 1. The molecule has 0 atom stereocenters. The van der Waals surface area contributed by atoms with Gasteiger partial charge in [0, 0.05) is 42.3 Å². The van der Waals surface area contributed by atoms with Crippen LogP contribution in [0.25, 0.3) is 10.9 Å². The second kappa shape index (κ2) is 5.79. The highest BCUT2D eigenvalue weighted by molar-refractivity contribution is 5.84. The first-order valence-electron chi connectivity index (χ1n) is 8.09. The average molecular weight is 324 g/mol. The Kier molecular flexibility index (Phi) is 3.61. The molecule has 1 aliphatic heterocycles. The van der Waals surface area contributed by atoms with Crippen LogP contribution in [0.5, 0.6) is 5.75 Å². The highest BCUT2D eigenvalue weighted by Crippen LogP contribution is 2.26. The minimum absolute atomic E-state index is 0.00832. The fourth-order valence-corrected chi connectivity index (χ4v) is 3.41. The summed E-state index contributed by atoms with van der Waals surface area (Å²) < 4.78 is 5.33. The van der Waals surface area contributed by atoms with Gasteiger partial charge in [-0.15, -0.1) is 0 Å². The molecule has 0 unspecified atom stereocenters. The molecule has 24 heavy (non-hydrogen) atoms. The van der Waals surface area contributed by atoms with E-state index < -0.39 is 0 Å². The van der Waals surface area contributed by atoms with Gasteiger partial charge < -0.3 is 14.7 Å². The lowest BCUT2D eigenvalue weighted by Crippen LogP contribution is -2.35. The Morgan fingerprint density at radius 2 is 2.25 bits per heavy atom. The molecule has 4 rings (SSSR count). The number of benzene rings is 1. The number of aryl methyl sites for hydroxylation is 1.